The molecule has 2 fully saturated rings. The molecule has 1 aromatic rings. The summed E-state index contributed by atoms with van der Waals surface area (Å²) in [5, 5.41) is 9.88. The Kier molecular flexibility index (Phi) is 2.93. The molecule has 3 rings (SSSR count). The van der Waals surface area contributed by atoms with Crippen LogP contribution in [0.1, 0.15) is 12.0 Å². The van der Waals surface area contributed by atoms with E-state index in [2.05, 4.69) is 0 Å². The van der Waals surface area contributed by atoms with Crippen LogP contribution in [0.2, 0.25) is 0 Å². The minimum absolute atomic E-state index is 0.137. The summed E-state index contributed by atoms with van der Waals surface area (Å²) in [4.78, 5) is 13.5. The maximum Gasteiger partial charge on any atom is 0.229 e. The molecular formula is C14H16FNO3. The van der Waals surface area contributed by atoms with Crippen LogP contribution in [0, 0.1) is 5.92 Å². The number of likely N-dealkylation sites (tertiary alicyclic amines) is 1. The summed E-state index contributed by atoms with van der Waals surface area (Å²) in [6.45, 7) is 0.335. The van der Waals surface area contributed by atoms with Crippen molar-refractivity contribution in [1.82, 2.24) is 4.90 Å². The van der Waals surface area contributed by atoms with Crippen molar-refractivity contribution in [1.29, 1.82) is 0 Å². The topological polar surface area (TPSA) is 49.8 Å². The van der Waals surface area contributed by atoms with Gasteiger partial charge >= 0.3 is 0 Å². The van der Waals surface area contributed by atoms with Crippen molar-refractivity contribution in [2.24, 2.45) is 5.92 Å². The second-order valence-electron chi connectivity index (χ2n) is 5.15. The first-order chi connectivity index (χ1) is 9.11. The number of halogens is 1. The van der Waals surface area contributed by atoms with Crippen LogP contribution in [0.25, 0.3) is 0 Å². The zero-order valence-corrected chi connectivity index (χ0v) is 10.6. The highest BCUT2D eigenvalue weighted by Gasteiger charge is 2.57. The molecule has 4 nitrogen and oxygen atoms in total. The van der Waals surface area contributed by atoms with Gasteiger partial charge in [0.1, 0.15) is 11.9 Å². The van der Waals surface area contributed by atoms with Crippen molar-refractivity contribution < 1.29 is 19.0 Å². The van der Waals surface area contributed by atoms with Crippen molar-refractivity contribution in [3.8, 4) is 5.75 Å². The Morgan fingerprint density at radius 3 is 2.68 bits per heavy atom. The molecule has 0 aromatic heterocycles. The van der Waals surface area contributed by atoms with E-state index in [0.29, 0.717) is 6.54 Å². The smallest absolute Gasteiger partial charge is 0.229 e. The molecule has 4 unspecified atom stereocenters. The largest absolute Gasteiger partial charge is 0.497 e. The maximum atomic E-state index is 13.7. The van der Waals surface area contributed by atoms with Crippen LogP contribution in [0.5, 0.6) is 5.75 Å². The van der Waals surface area contributed by atoms with Gasteiger partial charge in [-0.1, -0.05) is 12.1 Å². The standard InChI is InChI=1S/C14H16FNO3/c1-19-9-4-2-8(3-5-9)7-16-12-11(15)6-10(13(12)17)14(16)18/h2-5,10-13,17H,6-7H2,1H3. The number of carbonyl (C=O) groups is 1. The molecular weight excluding hydrogens is 249 g/mol. The summed E-state index contributed by atoms with van der Waals surface area (Å²) >= 11 is 0. The molecule has 2 bridgehead atoms. The third-order valence-electron chi connectivity index (χ3n) is 4.08. The summed E-state index contributed by atoms with van der Waals surface area (Å²) in [7, 11) is 1.59. The van der Waals surface area contributed by atoms with E-state index in [1.165, 1.54) is 4.90 Å². The molecule has 5 heteroatoms. The van der Waals surface area contributed by atoms with Gasteiger partial charge in [-0.3, -0.25) is 4.79 Å². The molecule has 1 N–H and O–H groups in total. The lowest BCUT2D eigenvalue weighted by Gasteiger charge is -2.29. The Morgan fingerprint density at radius 2 is 2.11 bits per heavy atom. The molecule has 1 amide bonds. The Labute approximate surface area is 110 Å². The number of amides is 1. The van der Waals surface area contributed by atoms with E-state index >= 15 is 0 Å². The Balaban J connectivity index is 1.77. The van der Waals surface area contributed by atoms with Crippen LogP contribution >= 0.6 is 0 Å². The van der Waals surface area contributed by atoms with Gasteiger partial charge in [0.15, 0.2) is 0 Å². The Bertz CT molecular complexity index is 490. The molecule has 4 atom stereocenters. The SMILES string of the molecule is COc1ccc(CN2C(=O)C3CC(F)C2C3O)cc1. The lowest BCUT2D eigenvalue weighted by atomic mass is 10.1. The number of rotatable bonds is 3. The average Bonchev–Trinajstić information content (AvgIpc) is 2.82. The summed E-state index contributed by atoms with van der Waals surface area (Å²) in [5.41, 5.74) is 0.904. The number of piperidine rings is 1. The molecule has 1 aliphatic carbocycles. The summed E-state index contributed by atoms with van der Waals surface area (Å²) < 4.78 is 18.8. The predicted octanol–water partition coefficient (Wildman–Crippen LogP) is 1.12. The van der Waals surface area contributed by atoms with E-state index in [-0.39, 0.29) is 12.3 Å². The molecule has 1 saturated carbocycles. The second-order valence-corrected chi connectivity index (χ2v) is 5.15. The highest BCUT2D eigenvalue weighted by Crippen LogP contribution is 2.41. The number of methoxy groups -OCH3 is 1. The molecule has 1 heterocycles. The first-order valence-electron chi connectivity index (χ1n) is 6.37. The molecule has 1 saturated heterocycles. The number of hydrogen-bond acceptors (Lipinski definition) is 3. The molecule has 0 spiro atoms. The van der Waals surface area contributed by atoms with Gasteiger partial charge in [-0.15, -0.1) is 0 Å². The lowest BCUT2D eigenvalue weighted by Crippen LogP contribution is -2.43. The number of aliphatic hydroxyl groups excluding tert-OH is 1. The number of hydrogen-bond donors (Lipinski definition) is 1. The summed E-state index contributed by atoms with van der Waals surface area (Å²) in [5.74, 6) is 0.0434. The average molecular weight is 265 g/mol. The molecule has 2 aliphatic rings. The summed E-state index contributed by atoms with van der Waals surface area (Å²) in [6.07, 6.45) is -1.82. The molecule has 1 aliphatic heterocycles. The van der Waals surface area contributed by atoms with Crippen LogP contribution in [-0.2, 0) is 11.3 Å². The third kappa shape index (κ3) is 1.89. The van der Waals surface area contributed by atoms with E-state index < -0.39 is 24.2 Å². The quantitative estimate of drug-likeness (QED) is 0.891. The zero-order chi connectivity index (χ0) is 13.6. The first kappa shape index (κ1) is 12.4. The number of carbonyl (C=O) groups excluding carboxylic acids is 1. The number of fused-ring (bicyclic) bond motifs is 2. The highest BCUT2D eigenvalue weighted by atomic mass is 19.1. The van der Waals surface area contributed by atoms with Crippen molar-refractivity contribution in [3.05, 3.63) is 29.8 Å². The van der Waals surface area contributed by atoms with Crippen LogP contribution in [-0.4, -0.2) is 41.3 Å². The van der Waals surface area contributed by atoms with Gasteiger partial charge in [0.2, 0.25) is 5.91 Å². The maximum absolute atomic E-state index is 13.7. The Morgan fingerprint density at radius 1 is 1.42 bits per heavy atom. The third-order valence-corrected chi connectivity index (χ3v) is 4.08. The highest BCUT2D eigenvalue weighted by molar-refractivity contribution is 5.84. The number of ether oxygens (including phenoxy) is 1. The van der Waals surface area contributed by atoms with Crippen molar-refractivity contribution in [3.63, 3.8) is 0 Å². The van der Waals surface area contributed by atoms with E-state index in [0.717, 1.165) is 11.3 Å². The summed E-state index contributed by atoms with van der Waals surface area (Å²) in [6, 6.07) is 6.62. The number of aliphatic hydroxyl groups is 1. The van der Waals surface area contributed by atoms with Gasteiger partial charge < -0.3 is 14.7 Å². The molecule has 0 radical (unpaired) electrons. The van der Waals surface area contributed by atoms with Crippen LogP contribution in [0.3, 0.4) is 0 Å². The minimum Gasteiger partial charge on any atom is -0.497 e. The number of benzene rings is 1. The second kappa shape index (κ2) is 4.49. The van der Waals surface area contributed by atoms with Gasteiger partial charge in [0, 0.05) is 6.54 Å². The monoisotopic (exact) mass is 265 g/mol. The van der Waals surface area contributed by atoms with E-state index in [1.807, 2.05) is 12.1 Å². The van der Waals surface area contributed by atoms with Crippen LogP contribution in [0.4, 0.5) is 4.39 Å². The van der Waals surface area contributed by atoms with E-state index in [9.17, 15) is 14.3 Å². The van der Waals surface area contributed by atoms with Crippen molar-refractivity contribution in [2.45, 2.75) is 31.3 Å². The van der Waals surface area contributed by atoms with Gasteiger partial charge in [-0.25, -0.2) is 4.39 Å². The van der Waals surface area contributed by atoms with Crippen molar-refractivity contribution >= 4 is 5.91 Å². The van der Waals surface area contributed by atoms with E-state index in [1.54, 1.807) is 19.2 Å². The molecule has 19 heavy (non-hydrogen) atoms. The van der Waals surface area contributed by atoms with Crippen molar-refractivity contribution in [2.75, 3.05) is 7.11 Å². The Hall–Kier alpha value is -1.62. The fourth-order valence-corrected chi connectivity index (χ4v) is 3.07. The van der Waals surface area contributed by atoms with Gasteiger partial charge in [-0.2, -0.15) is 0 Å². The normalized spacial score (nSPS) is 33.0. The number of nitrogens with zero attached hydrogens (tertiary/aromatic N) is 1. The van der Waals surface area contributed by atoms with Crippen LogP contribution < -0.4 is 4.74 Å². The fraction of sp³-hybridized carbons (Fsp3) is 0.500. The van der Waals surface area contributed by atoms with Gasteiger partial charge in [0.05, 0.1) is 25.2 Å². The van der Waals surface area contributed by atoms with Crippen LogP contribution in [0.15, 0.2) is 24.3 Å². The van der Waals surface area contributed by atoms with Gasteiger partial charge in [-0.05, 0) is 24.1 Å². The fourth-order valence-electron chi connectivity index (χ4n) is 3.07. The van der Waals surface area contributed by atoms with Gasteiger partial charge in [0.25, 0.3) is 0 Å². The van der Waals surface area contributed by atoms with E-state index in [4.69, 9.17) is 4.74 Å². The lowest BCUT2D eigenvalue weighted by molar-refractivity contribution is -0.136. The zero-order valence-electron chi connectivity index (χ0n) is 10.6. The first-order valence-corrected chi connectivity index (χ1v) is 6.37. The molecule has 1 aromatic carbocycles. The number of alkyl halides is 1. The molecule has 102 valence electrons. The minimum atomic E-state index is -1.11. The predicted molar refractivity (Wildman–Crippen MR) is 66.3 cm³/mol.